The number of piperidine rings is 1. The van der Waals surface area contributed by atoms with Crippen molar-refractivity contribution in [2.75, 3.05) is 18.4 Å². The second-order valence-electron chi connectivity index (χ2n) is 6.30. The van der Waals surface area contributed by atoms with Crippen LogP contribution in [0, 0.1) is 12.7 Å². The van der Waals surface area contributed by atoms with Gasteiger partial charge < -0.3 is 9.42 Å². The van der Waals surface area contributed by atoms with Crippen molar-refractivity contribution in [1.82, 2.24) is 25.2 Å². The van der Waals surface area contributed by atoms with Gasteiger partial charge in [-0.2, -0.15) is 4.98 Å². The number of likely N-dealkylation sites (tertiary alicyclic amines) is 1. The number of hydrogen-bond acceptors (Lipinski definition) is 7. The predicted molar refractivity (Wildman–Crippen MR) is 96.9 cm³/mol. The van der Waals surface area contributed by atoms with Crippen LogP contribution in [0.4, 0.5) is 14.3 Å². The number of hydrogen-bond donors (Lipinski definition) is 1. The van der Waals surface area contributed by atoms with Crippen LogP contribution < -0.4 is 5.32 Å². The lowest BCUT2D eigenvalue weighted by molar-refractivity contribution is 0.184. The Labute approximate surface area is 158 Å². The monoisotopic (exact) mass is 388 g/mol. The molecule has 0 bridgehead atoms. The van der Waals surface area contributed by atoms with Gasteiger partial charge in [0.2, 0.25) is 16.8 Å². The Kier molecular flexibility index (Phi) is 4.80. The first-order valence-corrected chi connectivity index (χ1v) is 9.36. The van der Waals surface area contributed by atoms with Crippen molar-refractivity contribution in [1.29, 1.82) is 0 Å². The van der Waals surface area contributed by atoms with E-state index in [1.807, 2.05) is 6.92 Å². The van der Waals surface area contributed by atoms with E-state index in [0.717, 1.165) is 17.8 Å². The first kappa shape index (κ1) is 17.5. The van der Waals surface area contributed by atoms with Gasteiger partial charge in [-0.25, -0.2) is 9.18 Å². The largest absolute Gasteiger partial charge is 0.339 e. The first-order chi connectivity index (χ1) is 13.1. The molecular formula is C17H17FN6O2S. The van der Waals surface area contributed by atoms with E-state index in [9.17, 15) is 9.18 Å². The lowest BCUT2D eigenvalue weighted by Crippen LogP contribution is -2.41. The quantitative estimate of drug-likeness (QED) is 0.738. The van der Waals surface area contributed by atoms with Crippen LogP contribution in [-0.4, -0.2) is 44.4 Å². The van der Waals surface area contributed by atoms with Crippen LogP contribution in [0.25, 0.3) is 11.4 Å². The van der Waals surface area contributed by atoms with Crippen LogP contribution in [0.1, 0.15) is 29.7 Å². The minimum atomic E-state index is -0.318. The van der Waals surface area contributed by atoms with Crippen molar-refractivity contribution in [2.24, 2.45) is 0 Å². The molecule has 0 spiro atoms. The van der Waals surface area contributed by atoms with E-state index in [-0.39, 0.29) is 17.8 Å². The molecule has 1 unspecified atom stereocenters. The number of nitrogens with one attached hydrogen (secondary N) is 1. The number of benzene rings is 1. The number of nitrogens with zero attached hydrogens (tertiary/aromatic N) is 5. The van der Waals surface area contributed by atoms with E-state index in [2.05, 4.69) is 25.7 Å². The van der Waals surface area contributed by atoms with E-state index in [1.165, 1.54) is 23.5 Å². The van der Waals surface area contributed by atoms with Crippen LogP contribution in [0.5, 0.6) is 0 Å². The second-order valence-corrected chi connectivity index (χ2v) is 7.49. The van der Waals surface area contributed by atoms with Gasteiger partial charge in [0.25, 0.3) is 0 Å². The molecule has 10 heteroatoms. The van der Waals surface area contributed by atoms with E-state index >= 15 is 0 Å². The first-order valence-electron chi connectivity index (χ1n) is 8.54. The number of amides is 2. The zero-order chi connectivity index (χ0) is 18.8. The fourth-order valence-electron chi connectivity index (χ4n) is 3.00. The summed E-state index contributed by atoms with van der Waals surface area (Å²) in [6.45, 7) is 2.96. The minimum Gasteiger partial charge on any atom is -0.339 e. The van der Waals surface area contributed by atoms with E-state index in [4.69, 9.17) is 4.52 Å². The highest BCUT2D eigenvalue weighted by Crippen LogP contribution is 2.28. The molecule has 1 atom stereocenters. The van der Waals surface area contributed by atoms with Crippen LogP contribution in [0.2, 0.25) is 0 Å². The number of aryl methyl sites for hydroxylation is 1. The Morgan fingerprint density at radius 2 is 2.15 bits per heavy atom. The number of carbonyl (C=O) groups excluding carboxylic acids is 1. The molecule has 2 aromatic heterocycles. The van der Waals surface area contributed by atoms with Crippen molar-refractivity contribution in [2.45, 2.75) is 25.7 Å². The van der Waals surface area contributed by atoms with Gasteiger partial charge >= 0.3 is 6.03 Å². The lowest BCUT2D eigenvalue weighted by atomic mass is 9.98. The number of urea groups is 1. The van der Waals surface area contributed by atoms with Crippen LogP contribution in [-0.2, 0) is 0 Å². The van der Waals surface area contributed by atoms with Crippen LogP contribution in [0.3, 0.4) is 0 Å². The van der Waals surface area contributed by atoms with Gasteiger partial charge in [-0.15, -0.1) is 10.2 Å². The zero-order valence-corrected chi connectivity index (χ0v) is 15.4. The Morgan fingerprint density at radius 3 is 2.89 bits per heavy atom. The predicted octanol–water partition coefficient (Wildman–Crippen LogP) is 3.45. The highest BCUT2D eigenvalue weighted by Gasteiger charge is 2.29. The molecule has 4 rings (SSSR count). The maximum atomic E-state index is 13.1. The van der Waals surface area contributed by atoms with Crippen LogP contribution >= 0.6 is 11.3 Å². The molecule has 0 aliphatic carbocycles. The van der Waals surface area contributed by atoms with E-state index in [1.54, 1.807) is 17.0 Å². The highest BCUT2D eigenvalue weighted by molar-refractivity contribution is 7.15. The van der Waals surface area contributed by atoms with Gasteiger partial charge in [-0.05, 0) is 44.0 Å². The smallest absolute Gasteiger partial charge is 0.323 e. The lowest BCUT2D eigenvalue weighted by Gasteiger charge is -2.30. The van der Waals surface area contributed by atoms with Crippen molar-refractivity contribution >= 4 is 22.5 Å². The van der Waals surface area contributed by atoms with Crippen molar-refractivity contribution in [3.05, 3.63) is 41.0 Å². The number of anilines is 1. The third-order valence-corrected chi connectivity index (χ3v) is 5.10. The molecule has 1 aliphatic rings. The SMILES string of the molecule is Cc1nnc(NC(=O)N2CCCC(c3nc(-c4ccc(F)cc4)no3)C2)s1. The summed E-state index contributed by atoms with van der Waals surface area (Å²) in [6, 6.07) is 5.71. The summed E-state index contributed by atoms with van der Waals surface area (Å²) in [5.41, 5.74) is 0.684. The van der Waals surface area contributed by atoms with Gasteiger partial charge in [-0.3, -0.25) is 5.32 Å². The Morgan fingerprint density at radius 1 is 1.33 bits per heavy atom. The molecule has 0 radical (unpaired) electrons. The molecule has 3 heterocycles. The summed E-state index contributed by atoms with van der Waals surface area (Å²) in [5.74, 6) is 0.541. The number of aromatic nitrogens is 4. The second kappa shape index (κ2) is 7.39. The fraction of sp³-hybridized carbons (Fsp3) is 0.353. The molecular weight excluding hydrogens is 371 g/mol. The van der Waals surface area contributed by atoms with E-state index < -0.39 is 0 Å². The molecule has 1 aliphatic heterocycles. The zero-order valence-electron chi connectivity index (χ0n) is 14.6. The Bertz CT molecular complexity index is 941. The molecule has 1 aromatic carbocycles. The van der Waals surface area contributed by atoms with Gasteiger partial charge in [0.1, 0.15) is 10.8 Å². The number of halogens is 1. The van der Waals surface area contributed by atoms with Gasteiger partial charge in [0, 0.05) is 18.7 Å². The third-order valence-electron chi connectivity index (χ3n) is 4.34. The van der Waals surface area contributed by atoms with Gasteiger partial charge in [-0.1, -0.05) is 16.5 Å². The maximum absolute atomic E-state index is 13.1. The fourth-order valence-corrected chi connectivity index (χ4v) is 3.58. The van der Waals surface area contributed by atoms with Crippen molar-refractivity contribution in [3.63, 3.8) is 0 Å². The molecule has 27 heavy (non-hydrogen) atoms. The third kappa shape index (κ3) is 3.95. The highest BCUT2D eigenvalue weighted by atomic mass is 32.1. The molecule has 8 nitrogen and oxygen atoms in total. The summed E-state index contributed by atoms with van der Waals surface area (Å²) in [6.07, 6.45) is 1.69. The molecule has 2 amide bonds. The summed E-state index contributed by atoms with van der Waals surface area (Å²) in [7, 11) is 0. The van der Waals surface area contributed by atoms with Crippen LogP contribution in [0.15, 0.2) is 28.8 Å². The van der Waals surface area contributed by atoms with Gasteiger partial charge in [0.05, 0.1) is 5.92 Å². The Hall–Kier alpha value is -2.88. The number of rotatable bonds is 3. The summed E-state index contributed by atoms with van der Waals surface area (Å²) >= 11 is 1.33. The minimum absolute atomic E-state index is 0.0395. The summed E-state index contributed by atoms with van der Waals surface area (Å²) < 4.78 is 18.5. The topological polar surface area (TPSA) is 97.0 Å². The van der Waals surface area contributed by atoms with Gasteiger partial charge in [0.15, 0.2) is 0 Å². The molecule has 0 saturated carbocycles. The molecule has 3 aromatic rings. The maximum Gasteiger partial charge on any atom is 0.323 e. The average Bonchev–Trinajstić information content (AvgIpc) is 3.32. The molecule has 1 N–H and O–H groups in total. The average molecular weight is 388 g/mol. The standard InChI is InChI=1S/C17H17FN6O2S/c1-10-21-22-16(27-10)20-17(25)24-8-2-3-12(9-24)15-19-14(23-26-15)11-4-6-13(18)7-5-11/h4-7,12H,2-3,8-9H2,1H3,(H,20,22,25). The molecule has 1 fully saturated rings. The Balaban J connectivity index is 1.43. The summed E-state index contributed by atoms with van der Waals surface area (Å²) in [5, 5.41) is 15.8. The number of carbonyl (C=O) groups is 1. The van der Waals surface area contributed by atoms with Crippen molar-refractivity contribution in [3.8, 4) is 11.4 Å². The van der Waals surface area contributed by atoms with E-state index in [0.29, 0.717) is 35.5 Å². The van der Waals surface area contributed by atoms with Crippen molar-refractivity contribution < 1.29 is 13.7 Å². The summed E-state index contributed by atoms with van der Waals surface area (Å²) in [4.78, 5) is 18.6. The normalized spacial score (nSPS) is 17.1. The molecule has 1 saturated heterocycles. The molecule has 140 valence electrons.